The Hall–Kier alpha value is -2.43. The lowest BCUT2D eigenvalue weighted by atomic mass is 10.3. The Labute approximate surface area is 97.9 Å². The lowest BCUT2D eigenvalue weighted by Crippen LogP contribution is -2.14. The van der Waals surface area contributed by atoms with Gasteiger partial charge in [-0.05, 0) is 24.6 Å². The number of aldehydes is 1. The molecule has 17 heavy (non-hydrogen) atoms. The minimum atomic E-state index is -0.320. The number of hydrogen-bond acceptors (Lipinski definition) is 3. The highest BCUT2D eigenvalue weighted by atomic mass is 16.2. The van der Waals surface area contributed by atoms with Crippen molar-refractivity contribution in [2.45, 2.75) is 6.92 Å². The van der Waals surface area contributed by atoms with E-state index in [1.54, 1.807) is 12.3 Å². The van der Waals surface area contributed by atoms with E-state index in [1.807, 2.05) is 13.0 Å². The third-order valence-electron chi connectivity index (χ3n) is 2.33. The van der Waals surface area contributed by atoms with Gasteiger partial charge in [-0.2, -0.15) is 0 Å². The molecule has 1 amide bonds. The van der Waals surface area contributed by atoms with Crippen molar-refractivity contribution in [1.29, 1.82) is 0 Å². The highest BCUT2D eigenvalue weighted by Gasteiger charge is 2.10. The average molecular weight is 229 g/mol. The molecule has 0 aliphatic rings. The lowest BCUT2D eigenvalue weighted by Gasteiger charge is -2.05. The van der Waals surface area contributed by atoms with Gasteiger partial charge in [0.2, 0.25) is 0 Å². The number of aromatic amines is 1. The van der Waals surface area contributed by atoms with Crippen molar-refractivity contribution in [3.05, 3.63) is 47.4 Å². The molecule has 5 nitrogen and oxygen atoms in total. The van der Waals surface area contributed by atoms with Gasteiger partial charge in [0, 0.05) is 18.0 Å². The molecule has 0 atom stereocenters. The molecule has 0 saturated heterocycles. The fourth-order valence-electron chi connectivity index (χ4n) is 1.40. The Kier molecular flexibility index (Phi) is 3.00. The summed E-state index contributed by atoms with van der Waals surface area (Å²) in [5, 5.41) is 2.67. The number of anilines is 1. The summed E-state index contributed by atoms with van der Waals surface area (Å²) in [6.45, 7) is 1.86. The van der Waals surface area contributed by atoms with E-state index in [2.05, 4.69) is 15.3 Å². The van der Waals surface area contributed by atoms with Crippen LogP contribution in [0.5, 0.6) is 0 Å². The van der Waals surface area contributed by atoms with Crippen molar-refractivity contribution < 1.29 is 9.59 Å². The molecule has 0 aliphatic heterocycles. The van der Waals surface area contributed by atoms with E-state index < -0.39 is 0 Å². The maximum Gasteiger partial charge on any atom is 0.273 e. The Morgan fingerprint density at radius 2 is 2.35 bits per heavy atom. The first-order valence-electron chi connectivity index (χ1n) is 5.07. The minimum Gasteiger partial charge on any atom is -0.356 e. The van der Waals surface area contributed by atoms with Gasteiger partial charge in [0.05, 0.1) is 0 Å². The van der Waals surface area contributed by atoms with E-state index in [4.69, 9.17) is 0 Å². The molecule has 2 N–H and O–H groups in total. The number of nitrogens with zero attached hydrogens (tertiary/aromatic N) is 1. The van der Waals surface area contributed by atoms with Crippen molar-refractivity contribution in [2.75, 3.05) is 5.32 Å². The normalized spacial score (nSPS) is 9.94. The summed E-state index contributed by atoms with van der Waals surface area (Å²) in [6.07, 6.45) is 3.76. The number of aryl methyl sites for hydroxylation is 1. The third-order valence-corrected chi connectivity index (χ3v) is 2.33. The van der Waals surface area contributed by atoms with Crippen LogP contribution in [0.25, 0.3) is 0 Å². The van der Waals surface area contributed by atoms with Crippen molar-refractivity contribution in [3.8, 4) is 0 Å². The molecule has 0 fully saturated rings. The molecule has 0 unspecified atom stereocenters. The molecule has 2 heterocycles. The summed E-state index contributed by atoms with van der Waals surface area (Å²) in [5.41, 5.74) is 1.65. The second-order valence-corrected chi connectivity index (χ2v) is 3.59. The fraction of sp³-hybridized carbons (Fsp3) is 0.0833. The number of aromatic nitrogens is 2. The van der Waals surface area contributed by atoms with E-state index in [0.717, 1.165) is 5.56 Å². The number of amides is 1. The zero-order valence-electron chi connectivity index (χ0n) is 9.23. The summed E-state index contributed by atoms with van der Waals surface area (Å²) < 4.78 is 0. The molecule has 0 saturated carbocycles. The van der Waals surface area contributed by atoms with Gasteiger partial charge in [0.25, 0.3) is 5.91 Å². The first kappa shape index (κ1) is 11.1. The van der Waals surface area contributed by atoms with Gasteiger partial charge in [-0.25, -0.2) is 4.98 Å². The quantitative estimate of drug-likeness (QED) is 0.788. The smallest absolute Gasteiger partial charge is 0.273 e. The number of carbonyl (C=O) groups is 2. The van der Waals surface area contributed by atoms with Crippen LogP contribution in [0.15, 0.2) is 30.6 Å². The van der Waals surface area contributed by atoms with Crippen LogP contribution in [-0.4, -0.2) is 22.2 Å². The van der Waals surface area contributed by atoms with Crippen molar-refractivity contribution in [2.24, 2.45) is 0 Å². The average Bonchev–Trinajstić information content (AvgIpc) is 2.81. The zero-order chi connectivity index (χ0) is 12.3. The van der Waals surface area contributed by atoms with Crippen LogP contribution in [-0.2, 0) is 0 Å². The molecule has 2 aromatic heterocycles. The third kappa shape index (κ3) is 2.39. The van der Waals surface area contributed by atoms with Gasteiger partial charge in [-0.3, -0.25) is 9.59 Å². The van der Waals surface area contributed by atoms with Gasteiger partial charge in [0.1, 0.15) is 11.5 Å². The number of pyridine rings is 1. The Morgan fingerprint density at radius 3 is 3.00 bits per heavy atom. The first-order valence-corrected chi connectivity index (χ1v) is 5.07. The summed E-state index contributed by atoms with van der Waals surface area (Å²) in [5.74, 6) is 0.194. The highest BCUT2D eigenvalue weighted by molar-refractivity contribution is 6.03. The Bertz CT molecular complexity index is 560. The number of rotatable bonds is 3. The standard InChI is InChI=1S/C12H11N3O2/c1-8-3-2-4-13-11(8)15-12(17)10-5-9(7-16)6-14-10/h2-7,14H,1H3,(H,13,15,17). The summed E-state index contributed by atoms with van der Waals surface area (Å²) >= 11 is 0. The van der Waals surface area contributed by atoms with Crippen LogP contribution in [0.4, 0.5) is 5.82 Å². The van der Waals surface area contributed by atoms with Crippen LogP contribution in [0.2, 0.25) is 0 Å². The predicted molar refractivity (Wildman–Crippen MR) is 63.1 cm³/mol. The van der Waals surface area contributed by atoms with E-state index in [-0.39, 0.29) is 5.91 Å². The molecule has 0 radical (unpaired) electrons. The minimum absolute atomic E-state index is 0.320. The van der Waals surface area contributed by atoms with E-state index in [9.17, 15) is 9.59 Å². The first-order chi connectivity index (χ1) is 8.20. The van der Waals surface area contributed by atoms with E-state index >= 15 is 0 Å². The molecule has 2 rings (SSSR count). The molecule has 2 aromatic rings. The van der Waals surface area contributed by atoms with Crippen LogP contribution in [0.1, 0.15) is 26.4 Å². The second kappa shape index (κ2) is 4.61. The molecular weight excluding hydrogens is 218 g/mol. The molecule has 0 bridgehead atoms. The molecule has 0 spiro atoms. The lowest BCUT2D eigenvalue weighted by molar-refractivity contribution is 0.102. The SMILES string of the molecule is Cc1cccnc1NC(=O)c1cc(C=O)c[nH]1. The number of hydrogen-bond donors (Lipinski definition) is 2. The molecule has 0 aromatic carbocycles. The zero-order valence-corrected chi connectivity index (χ0v) is 9.23. The van der Waals surface area contributed by atoms with Crippen molar-refractivity contribution in [1.82, 2.24) is 9.97 Å². The number of H-pyrrole nitrogens is 1. The van der Waals surface area contributed by atoms with Crippen molar-refractivity contribution >= 4 is 18.0 Å². The van der Waals surface area contributed by atoms with Crippen molar-refractivity contribution in [3.63, 3.8) is 0 Å². The van der Waals surface area contributed by atoms with Gasteiger partial charge in [0.15, 0.2) is 6.29 Å². The number of nitrogens with one attached hydrogen (secondary N) is 2. The molecule has 86 valence electrons. The Morgan fingerprint density at radius 1 is 1.53 bits per heavy atom. The van der Waals surface area contributed by atoms with Gasteiger partial charge >= 0.3 is 0 Å². The Balaban J connectivity index is 2.17. The summed E-state index contributed by atoms with van der Waals surface area (Å²) in [6, 6.07) is 5.14. The molecule has 5 heteroatoms. The maximum atomic E-state index is 11.8. The van der Waals surface area contributed by atoms with E-state index in [0.29, 0.717) is 23.4 Å². The van der Waals surface area contributed by atoms with Gasteiger partial charge < -0.3 is 10.3 Å². The second-order valence-electron chi connectivity index (χ2n) is 3.59. The van der Waals surface area contributed by atoms with E-state index in [1.165, 1.54) is 12.3 Å². The van der Waals surface area contributed by atoms with Crippen LogP contribution in [0, 0.1) is 6.92 Å². The predicted octanol–water partition coefficient (Wildman–Crippen LogP) is 1.78. The maximum absolute atomic E-state index is 11.8. The summed E-state index contributed by atoms with van der Waals surface area (Å²) in [4.78, 5) is 29.1. The molecular formula is C12H11N3O2. The van der Waals surface area contributed by atoms with Gasteiger partial charge in [-0.1, -0.05) is 6.07 Å². The monoisotopic (exact) mass is 229 g/mol. The highest BCUT2D eigenvalue weighted by Crippen LogP contribution is 2.11. The van der Waals surface area contributed by atoms with Gasteiger partial charge in [-0.15, -0.1) is 0 Å². The topological polar surface area (TPSA) is 74.8 Å². The van der Waals surface area contributed by atoms with Crippen LogP contribution in [0.3, 0.4) is 0 Å². The fourth-order valence-corrected chi connectivity index (χ4v) is 1.40. The van der Waals surface area contributed by atoms with Crippen LogP contribution < -0.4 is 5.32 Å². The largest absolute Gasteiger partial charge is 0.356 e. The number of carbonyl (C=O) groups excluding carboxylic acids is 2. The molecule has 0 aliphatic carbocycles. The summed E-state index contributed by atoms with van der Waals surface area (Å²) in [7, 11) is 0. The van der Waals surface area contributed by atoms with Crippen LogP contribution >= 0.6 is 0 Å².